The molecule has 3 N–H and O–H groups in total. The van der Waals surface area contributed by atoms with Crippen LogP contribution in [-0.2, 0) is 4.79 Å². The van der Waals surface area contributed by atoms with E-state index in [9.17, 15) is 4.79 Å². The Hall–Kier alpha value is -0.360. The highest BCUT2D eigenvalue weighted by Crippen LogP contribution is 1.79. The highest BCUT2D eigenvalue weighted by Gasteiger charge is 1.84. The van der Waals surface area contributed by atoms with Crippen LogP contribution in [0.5, 0.6) is 0 Å². The molecule has 0 saturated carbocycles. The zero-order valence-electron chi connectivity index (χ0n) is 5.54. The van der Waals surface area contributed by atoms with Gasteiger partial charge in [-0.2, -0.15) is 0 Å². The standard InChI is InChI=1S/C4H9NO.ClHO3/c1-2-3-4(5)6;2-1(3)4/h2-3H2,1H3,(H2,5,6);2H. The molecule has 0 aliphatic carbocycles. The van der Waals surface area contributed by atoms with Gasteiger partial charge in [-0.05, 0) is 6.42 Å². The number of amides is 1. The van der Waals surface area contributed by atoms with Crippen molar-refractivity contribution in [3.05, 3.63) is 0 Å². The summed E-state index contributed by atoms with van der Waals surface area (Å²) in [5, 5.41) is 0. The van der Waals surface area contributed by atoms with Gasteiger partial charge in [0.15, 0.2) is 0 Å². The van der Waals surface area contributed by atoms with E-state index in [0.717, 1.165) is 6.42 Å². The third kappa shape index (κ3) is 48.3. The second-order valence-corrected chi connectivity index (χ2v) is 1.82. The summed E-state index contributed by atoms with van der Waals surface area (Å²) >= 11 is 0. The lowest BCUT2D eigenvalue weighted by molar-refractivity contribution is -1.63. The first-order valence-corrected chi connectivity index (χ1v) is 3.49. The highest BCUT2D eigenvalue weighted by atomic mass is 35.6. The van der Waals surface area contributed by atoms with Gasteiger partial charge in [-0.1, -0.05) is 6.92 Å². The fourth-order valence-electron chi connectivity index (χ4n) is 0.246. The van der Waals surface area contributed by atoms with Crippen LogP contribution in [0.3, 0.4) is 0 Å². The molecule has 0 aliphatic heterocycles. The van der Waals surface area contributed by atoms with Crippen molar-refractivity contribution in [2.24, 2.45) is 5.73 Å². The van der Waals surface area contributed by atoms with Gasteiger partial charge in [-0.25, -0.2) is 0 Å². The van der Waals surface area contributed by atoms with Crippen molar-refractivity contribution in [1.82, 2.24) is 0 Å². The third-order valence-corrected chi connectivity index (χ3v) is 0.496. The van der Waals surface area contributed by atoms with Crippen molar-refractivity contribution in [2.45, 2.75) is 19.8 Å². The molecule has 0 heterocycles. The van der Waals surface area contributed by atoms with Crippen molar-refractivity contribution in [1.29, 1.82) is 0 Å². The zero-order valence-corrected chi connectivity index (χ0v) is 6.30. The monoisotopic (exact) mass is 171 g/mol. The van der Waals surface area contributed by atoms with E-state index >= 15 is 0 Å². The quantitative estimate of drug-likeness (QED) is 0.472. The molecule has 0 atom stereocenters. The van der Waals surface area contributed by atoms with Crippen LogP contribution in [0.2, 0.25) is 0 Å². The van der Waals surface area contributed by atoms with Gasteiger partial charge in [-0.3, -0.25) is 4.79 Å². The predicted molar refractivity (Wildman–Crippen MR) is 26.3 cm³/mol. The molecule has 0 aromatic heterocycles. The summed E-state index contributed by atoms with van der Waals surface area (Å²) in [7, 11) is -2.60. The minimum absolute atomic E-state index is 0.211. The molecule has 0 aliphatic rings. The SMILES string of the molecule is CCCC(N)=O.[O-][Cl+2]([O-])O. The summed E-state index contributed by atoms with van der Waals surface area (Å²) in [6.07, 6.45) is 1.37. The van der Waals surface area contributed by atoms with Crippen LogP contribution in [0.4, 0.5) is 0 Å². The smallest absolute Gasteiger partial charge is 0.282 e. The fraction of sp³-hybridized carbons (Fsp3) is 0.750. The third-order valence-electron chi connectivity index (χ3n) is 0.496. The Morgan fingerprint density at radius 1 is 1.70 bits per heavy atom. The lowest BCUT2D eigenvalue weighted by Gasteiger charge is -1.81. The summed E-state index contributed by atoms with van der Waals surface area (Å²) in [5.74, 6) is -0.211. The second-order valence-electron chi connectivity index (χ2n) is 1.42. The van der Waals surface area contributed by atoms with Gasteiger partial charge in [0.2, 0.25) is 5.91 Å². The first-order valence-electron chi connectivity index (χ1n) is 2.53. The molecule has 0 rings (SSSR count). The average molecular weight is 172 g/mol. The summed E-state index contributed by atoms with van der Waals surface area (Å²) in [4.78, 5) is 9.82. The van der Waals surface area contributed by atoms with E-state index in [1.807, 2.05) is 6.92 Å². The Bertz CT molecular complexity index is 84.6. The van der Waals surface area contributed by atoms with Crippen molar-refractivity contribution < 1.29 is 29.6 Å². The topological polar surface area (TPSA) is 109 Å². The first-order chi connectivity index (χ1) is 4.50. The number of rotatable bonds is 2. The summed E-state index contributed by atoms with van der Waals surface area (Å²) < 4.78 is 24.0. The van der Waals surface area contributed by atoms with Crippen molar-refractivity contribution >= 4 is 5.91 Å². The van der Waals surface area contributed by atoms with Crippen molar-refractivity contribution in [2.75, 3.05) is 0 Å². The first kappa shape index (κ1) is 12.3. The predicted octanol–water partition coefficient (Wildman–Crippen LogP) is -2.66. The molecule has 0 saturated heterocycles. The number of primary amides is 1. The van der Waals surface area contributed by atoms with E-state index in [4.69, 9.17) is 19.7 Å². The van der Waals surface area contributed by atoms with E-state index in [-0.39, 0.29) is 5.91 Å². The maximum atomic E-state index is 9.82. The van der Waals surface area contributed by atoms with E-state index in [1.54, 1.807) is 0 Å². The van der Waals surface area contributed by atoms with E-state index in [2.05, 4.69) is 0 Å². The lowest BCUT2D eigenvalue weighted by atomic mass is 10.3. The number of hydrogen-bond acceptors (Lipinski definition) is 4. The molecule has 0 aromatic carbocycles. The maximum absolute atomic E-state index is 9.82. The van der Waals surface area contributed by atoms with Gasteiger partial charge in [0.05, 0.1) is 0 Å². The van der Waals surface area contributed by atoms with Crippen molar-refractivity contribution in [3.8, 4) is 0 Å². The number of halogens is 1. The summed E-state index contributed by atoms with van der Waals surface area (Å²) in [5.41, 5.74) is 4.76. The minimum Gasteiger partial charge on any atom is -0.370 e. The molecule has 0 fully saturated rings. The molecule has 0 spiro atoms. The fourth-order valence-corrected chi connectivity index (χ4v) is 0.246. The molecule has 1 amide bonds. The molecule has 0 unspecified atom stereocenters. The number of hydrogen-bond donors (Lipinski definition) is 2. The number of nitrogens with two attached hydrogens (primary N) is 1. The Labute approximate surface area is 61.9 Å². The van der Waals surface area contributed by atoms with Gasteiger partial charge in [0.1, 0.15) is 0 Å². The van der Waals surface area contributed by atoms with E-state index in [1.165, 1.54) is 0 Å². The summed E-state index contributed by atoms with van der Waals surface area (Å²) in [6.45, 7) is 1.92. The van der Waals surface area contributed by atoms with Crippen LogP contribution in [0, 0.1) is 10.8 Å². The molecule has 5 nitrogen and oxygen atoms in total. The Morgan fingerprint density at radius 2 is 2.00 bits per heavy atom. The van der Waals surface area contributed by atoms with Crippen LogP contribution in [0.15, 0.2) is 0 Å². The molecule has 10 heavy (non-hydrogen) atoms. The minimum atomic E-state index is -2.60. The zero-order chi connectivity index (χ0) is 8.57. The number of carbonyl (C=O) groups excluding carboxylic acids is 1. The highest BCUT2D eigenvalue weighted by molar-refractivity contribution is 5.73. The molecular weight excluding hydrogens is 162 g/mol. The van der Waals surface area contributed by atoms with Crippen molar-refractivity contribution in [3.63, 3.8) is 0 Å². The molecule has 62 valence electrons. The molecule has 0 bridgehead atoms. The normalized spacial score (nSPS) is 8.50. The molecule has 6 heteroatoms. The summed E-state index contributed by atoms with van der Waals surface area (Å²) in [6, 6.07) is 0. The van der Waals surface area contributed by atoms with Gasteiger partial charge >= 0.3 is 0 Å². The molecular formula is C4H10ClNO4. The largest absolute Gasteiger partial charge is 0.370 e. The molecule has 0 aromatic rings. The van der Waals surface area contributed by atoms with Crippen LogP contribution >= 0.6 is 0 Å². The Kier molecular flexibility index (Phi) is 10.7. The Balaban J connectivity index is 0. The van der Waals surface area contributed by atoms with E-state index < -0.39 is 10.8 Å². The van der Waals surface area contributed by atoms with Gasteiger partial charge in [0.25, 0.3) is 10.8 Å². The van der Waals surface area contributed by atoms with E-state index in [0.29, 0.717) is 6.42 Å². The Morgan fingerprint density at radius 3 is 2.00 bits per heavy atom. The van der Waals surface area contributed by atoms with Crippen LogP contribution < -0.4 is 15.1 Å². The van der Waals surface area contributed by atoms with Crippen LogP contribution in [-0.4, -0.2) is 10.6 Å². The van der Waals surface area contributed by atoms with Crippen LogP contribution in [0.25, 0.3) is 0 Å². The lowest BCUT2D eigenvalue weighted by Crippen LogP contribution is -2.30. The van der Waals surface area contributed by atoms with Crippen LogP contribution in [0.1, 0.15) is 19.8 Å². The average Bonchev–Trinajstić information content (AvgIpc) is 1.62. The maximum Gasteiger partial charge on any atom is 0.282 e. The van der Waals surface area contributed by atoms with Gasteiger partial charge < -0.3 is 15.1 Å². The number of carbonyl (C=O) groups is 1. The van der Waals surface area contributed by atoms with Gasteiger partial charge in [-0.15, -0.1) is 0 Å². The second kappa shape index (κ2) is 8.64. The van der Waals surface area contributed by atoms with Gasteiger partial charge in [0, 0.05) is 11.1 Å². The molecule has 0 radical (unpaired) electrons.